The van der Waals surface area contributed by atoms with E-state index in [0.29, 0.717) is 40.8 Å². The average Bonchev–Trinajstić information content (AvgIpc) is 3.52. The molecule has 5 N–H and O–H groups in total. The van der Waals surface area contributed by atoms with Gasteiger partial charge in [-0.25, -0.2) is 19.6 Å². The zero-order chi connectivity index (χ0) is 32.2. The minimum absolute atomic E-state index is 0.123. The smallest absolute Gasteiger partial charge is 0.350 e. The number of carbonyl (C=O) groups excluding carboxylic acids is 3. The topological polar surface area (TPSA) is 188 Å². The third kappa shape index (κ3) is 10.5. The summed E-state index contributed by atoms with van der Waals surface area (Å²) < 4.78 is 4.94. The van der Waals surface area contributed by atoms with E-state index in [1.165, 1.54) is 0 Å². The van der Waals surface area contributed by atoms with Crippen molar-refractivity contribution in [2.45, 2.75) is 46.5 Å². The highest BCUT2D eigenvalue weighted by Crippen LogP contribution is 2.24. The molecule has 2 amide bonds. The van der Waals surface area contributed by atoms with E-state index in [0.717, 1.165) is 33.8 Å². The molecule has 0 unspecified atom stereocenters. The molecular formula is C30H32N4O8S2. The third-order valence-electron chi connectivity index (χ3n) is 5.84. The number of hydrogen-bond acceptors (Lipinski definition) is 11. The molecule has 0 spiro atoms. The summed E-state index contributed by atoms with van der Waals surface area (Å²) in [6, 6.07) is 13.5. The van der Waals surface area contributed by atoms with E-state index in [1.807, 2.05) is 12.1 Å². The third-order valence-corrected chi connectivity index (χ3v) is 7.96. The Kier molecular flexibility index (Phi) is 12.4. The number of carbonyl (C=O) groups is 4. The number of phenolic OH excluding ortho intramolecular Hbond substituents is 2. The van der Waals surface area contributed by atoms with E-state index in [-0.39, 0.29) is 46.2 Å². The maximum absolute atomic E-state index is 12.0. The minimum atomic E-state index is -1.05. The molecule has 4 aromatic rings. The highest BCUT2D eigenvalue weighted by atomic mass is 32.1. The molecule has 0 fully saturated rings. The Labute approximate surface area is 261 Å². The molecule has 0 aliphatic rings. The predicted octanol–water partition coefficient (Wildman–Crippen LogP) is 5.33. The highest BCUT2D eigenvalue weighted by molar-refractivity contribution is 7.18. The molecule has 0 bridgehead atoms. The van der Waals surface area contributed by atoms with Gasteiger partial charge in [0.2, 0.25) is 11.8 Å². The highest BCUT2D eigenvalue weighted by Gasteiger charge is 2.18. The number of aromatic hydroxyl groups is 2. The van der Waals surface area contributed by atoms with E-state index in [9.17, 15) is 29.4 Å². The van der Waals surface area contributed by atoms with Gasteiger partial charge in [0.15, 0.2) is 10.3 Å². The lowest BCUT2D eigenvalue weighted by molar-refractivity contribution is -0.117. The van der Waals surface area contributed by atoms with Gasteiger partial charge >= 0.3 is 11.9 Å². The SMILES string of the molecule is CCOC(=O)c1sc(NC(=O)CCc2cccc(O)c2)nc1C.Cc1nc(NC(=O)CCc2cccc(O)c2)sc1C(=O)O. The van der Waals surface area contributed by atoms with Gasteiger partial charge in [0.05, 0.1) is 18.0 Å². The number of nitrogens with one attached hydrogen (secondary N) is 2. The van der Waals surface area contributed by atoms with Crippen molar-refractivity contribution in [3.05, 3.63) is 80.8 Å². The second kappa shape index (κ2) is 16.1. The Morgan fingerprint density at radius 2 is 1.23 bits per heavy atom. The van der Waals surface area contributed by atoms with Gasteiger partial charge in [-0.3, -0.25) is 9.59 Å². The monoisotopic (exact) mass is 640 g/mol. The first kappa shape index (κ1) is 33.7. The van der Waals surface area contributed by atoms with Crippen molar-refractivity contribution < 1.29 is 39.2 Å². The fraction of sp³-hybridized carbons (Fsp3) is 0.267. The molecule has 14 heteroatoms. The zero-order valence-corrected chi connectivity index (χ0v) is 25.9. The van der Waals surface area contributed by atoms with Crippen molar-refractivity contribution in [2.75, 3.05) is 17.2 Å². The molecule has 2 aromatic carbocycles. The zero-order valence-electron chi connectivity index (χ0n) is 24.2. The van der Waals surface area contributed by atoms with Crippen molar-refractivity contribution in [2.24, 2.45) is 0 Å². The lowest BCUT2D eigenvalue weighted by Crippen LogP contribution is -2.12. The largest absolute Gasteiger partial charge is 0.508 e. The number of carboxylic acid groups (broad SMARTS) is 1. The first-order valence-corrected chi connectivity index (χ1v) is 15.1. The van der Waals surface area contributed by atoms with Gasteiger partial charge < -0.3 is 30.7 Å². The lowest BCUT2D eigenvalue weighted by atomic mass is 10.1. The van der Waals surface area contributed by atoms with Crippen LogP contribution < -0.4 is 10.6 Å². The lowest BCUT2D eigenvalue weighted by Gasteiger charge is -2.02. The van der Waals surface area contributed by atoms with Crippen LogP contribution in [-0.2, 0) is 27.2 Å². The van der Waals surface area contributed by atoms with Crippen LogP contribution in [0.4, 0.5) is 10.3 Å². The van der Waals surface area contributed by atoms with E-state index in [1.54, 1.807) is 57.2 Å². The van der Waals surface area contributed by atoms with Crippen LogP contribution >= 0.6 is 22.7 Å². The number of phenols is 2. The van der Waals surface area contributed by atoms with Crippen LogP contribution in [0.15, 0.2) is 48.5 Å². The number of esters is 1. The predicted molar refractivity (Wildman–Crippen MR) is 167 cm³/mol. The van der Waals surface area contributed by atoms with Gasteiger partial charge in [-0.1, -0.05) is 46.9 Å². The maximum atomic E-state index is 12.0. The number of amides is 2. The van der Waals surface area contributed by atoms with Crippen LogP contribution in [0, 0.1) is 13.8 Å². The number of thiazole rings is 2. The van der Waals surface area contributed by atoms with Crippen molar-refractivity contribution >= 4 is 56.7 Å². The number of benzene rings is 2. The molecule has 0 saturated carbocycles. The van der Waals surface area contributed by atoms with E-state index < -0.39 is 11.9 Å². The molecule has 44 heavy (non-hydrogen) atoms. The van der Waals surface area contributed by atoms with Crippen LogP contribution in [-0.4, -0.2) is 55.6 Å². The fourth-order valence-electron chi connectivity index (χ4n) is 3.79. The number of carboxylic acids is 1. The second-order valence-corrected chi connectivity index (χ2v) is 11.3. The van der Waals surface area contributed by atoms with Gasteiger partial charge in [0, 0.05) is 12.8 Å². The first-order valence-electron chi connectivity index (χ1n) is 13.5. The van der Waals surface area contributed by atoms with Crippen molar-refractivity contribution in [1.29, 1.82) is 0 Å². The molecular weight excluding hydrogens is 608 g/mol. The molecule has 2 heterocycles. The van der Waals surface area contributed by atoms with Crippen LogP contribution in [0.3, 0.4) is 0 Å². The number of ether oxygens (including phenoxy) is 1. The van der Waals surface area contributed by atoms with Crippen LogP contribution in [0.5, 0.6) is 11.5 Å². The number of hydrogen-bond donors (Lipinski definition) is 5. The summed E-state index contributed by atoms with van der Waals surface area (Å²) in [4.78, 5) is 55.1. The fourth-order valence-corrected chi connectivity index (χ4v) is 5.49. The quantitative estimate of drug-likeness (QED) is 0.134. The van der Waals surface area contributed by atoms with E-state index >= 15 is 0 Å². The summed E-state index contributed by atoms with van der Waals surface area (Å²) in [6.45, 7) is 5.31. The molecule has 4 rings (SSSR count). The maximum Gasteiger partial charge on any atom is 0.350 e. The standard InChI is InChI=1S/C16H18N2O4S.C14H14N2O4S/c1-3-22-15(21)14-10(2)17-16(23-14)18-13(20)8-7-11-5-4-6-12(19)9-11;1-8-12(13(19)20)21-14(15-8)16-11(18)6-5-9-3-2-4-10(17)7-9/h4-6,9,19H,3,7-8H2,1-2H3,(H,17,18,20);2-4,7,17H,5-6H2,1H3,(H,19,20)(H,15,16,18). The Morgan fingerprint density at radius 1 is 0.773 bits per heavy atom. The second-order valence-electron chi connectivity index (χ2n) is 9.33. The Morgan fingerprint density at radius 3 is 1.64 bits per heavy atom. The number of anilines is 2. The summed E-state index contributed by atoms with van der Waals surface area (Å²) in [6.07, 6.45) is 1.48. The van der Waals surface area contributed by atoms with Crippen LogP contribution in [0.1, 0.15) is 61.6 Å². The summed E-state index contributed by atoms with van der Waals surface area (Å²) in [5.41, 5.74) is 2.65. The minimum Gasteiger partial charge on any atom is -0.508 e. The number of rotatable bonds is 11. The van der Waals surface area contributed by atoms with Crippen LogP contribution in [0.25, 0.3) is 0 Å². The van der Waals surface area contributed by atoms with E-state index in [4.69, 9.17) is 9.84 Å². The molecule has 2 aromatic heterocycles. The van der Waals surface area contributed by atoms with E-state index in [2.05, 4.69) is 20.6 Å². The number of aromatic nitrogens is 2. The molecule has 232 valence electrons. The molecule has 0 aliphatic heterocycles. The number of aryl methyl sites for hydroxylation is 4. The van der Waals surface area contributed by atoms with Gasteiger partial charge in [-0.2, -0.15) is 0 Å². The molecule has 0 atom stereocenters. The van der Waals surface area contributed by atoms with Gasteiger partial charge in [-0.15, -0.1) is 0 Å². The molecule has 0 aliphatic carbocycles. The van der Waals surface area contributed by atoms with Crippen LogP contribution in [0.2, 0.25) is 0 Å². The average molecular weight is 641 g/mol. The van der Waals surface area contributed by atoms with Gasteiger partial charge in [0.1, 0.15) is 21.3 Å². The summed E-state index contributed by atoms with van der Waals surface area (Å²) in [7, 11) is 0. The molecule has 12 nitrogen and oxygen atoms in total. The first-order chi connectivity index (χ1) is 20.9. The Hall–Kier alpha value is -4.82. The normalized spacial score (nSPS) is 10.3. The van der Waals surface area contributed by atoms with Crippen molar-refractivity contribution in [3.8, 4) is 11.5 Å². The summed E-state index contributed by atoms with van der Waals surface area (Å²) in [5, 5.41) is 33.6. The Bertz CT molecular complexity index is 1630. The summed E-state index contributed by atoms with van der Waals surface area (Å²) >= 11 is 2.04. The van der Waals surface area contributed by atoms with Gasteiger partial charge in [0.25, 0.3) is 0 Å². The number of aromatic carboxylic acids is 1. The van der Waals surface area contributed by atoms with Crippen molar-refractivity contribution in [3.63, 3.8) is 0 Å². The molecule has 0 saturated heterocycles. The summed E-state index contributed by atoms with van der Waals surface area (Å²) in [5.74, 6) is -1.58. The van der Waals surface area contributed by atoms with Crippen molar-refractivity contribution in [1.82, 2.24) is 9.97 Å². The number of nitrogens with zero attached hydrogens (tertiary/aromatic N) is 2. The molecule has 0 radical (unpaired) electrons. The Balaban J connectivity index is 0.000000241. The van der Waals surface area contributed by atoms with Gasteiger partial charge in [-0.05, 0) is 69.0 Å².